The third kappa shape index (κ3) is 6.19. The zero-order chi connectivity index (χ0) is 23.2. The number of rotatable bonds is 8. The van der Waals surface area contributed by atoms with Gasteiger partial charge in [0.1, 0.15) is 0 Å². The summed E-state index contributed by atoms with van der Waals surface area (Å²) in [4.78, 5) is 21.8. The van der Waals surface area contributed by atoms with E-state index in [1.807, 2.05) is 34.6 Å². The topological polar surface area (TPSA) is 125 Å². The summed E-state index contributed by atoms with van der Waals surface area (Å²) < 4.78 is 39.6. The van der Waals surface area contributed by atoms with Crippen LogP contribution in [0.25, 0.3) is 0 Å². The van der Waals surface area contributed by atoms with Crippen LogP contribution in [-0.2, 0) is 32.5 Å². The molecule has 180 valence electrons. The van der Waals surface area contributed by atoms with Gasteiger partial charge in [0.25, 0.3) is 0 Å². The van der Waals surface area contributed by atoms with Crippen LogP contribution in [0.1, 0.15) is 34.6 Å². The summed E-state index contributed by atoms with van der Waals surface area (Å²) in [6.45, 7) is 10.2. The van der Waals surface area contributed by atoms with Crippen LogP contribution < -0.4 is 0 Å². The number of ether oxygens (including phenoxy) is 4. The summed E-state index contributed by atoms with van der Waals surface area (Å²) in [7, 11) is -1.87. The summed E-state index contributed by atoms with van der Waals surface area (Å²) >= 11 is 0. The summed E-state index contributed by atoms with van der Waals surface area (Å²) in [6, 6.07) is -0.913. The zero-order valence-electron chi connectivity index (χ0n) is 19.5. The molecule has 0 radical (unpaired) electrons. The molecule has 3 N–H and O–H groups in total. The molecule has 3 aliphatic heterocycles. The average Bonchev–Trinajstić information content (AvgIpc) is 3.19. The molecule has 3 rings (SSSR count). The predicted molar refractivity (Wildman–Crippen MR) is 118 cm³/mol. The van der Waals surface area contributed by atoms with E-state index in [1.54, 1.807) is 15.7 Å². The molecule has 10 nitrogen and oxygen atoms in total. The SMILES string of the molecule is B[C@@H]1O[C@H](COP2(O)(O)OC3[C@H](B)O[C@H](COC(C)C)[C@@H]3O2)[C@H](OCC(C)(C)C)C1O. The van der Waals surface area contributed by atoms with Crippen molar-refractivity contribution in [2.24, 2.45) is 5.41 Å². The van der Waals surface area contributed by atoms with E-state index in [0.717, 1.165) is 0 Å². The van der Waals surface area contributed by atoms with E-state index in [4.69, 9.17) is 32.5 Å². The number of hydrogen-bond donors (Lipinski definition) is 3. The summed E-state index contributed by atoms with van der Waals surface area (Å²) in [5.74, 6) is 0. The molecule has 3 aliphatic rings. The van der Waals surface area contributed by atoms with Crippen LogP contribution in [0, 0.1) is 5.41 Å². The number of aliphatic hydroxyl groups is 1. The molecule has 0 spiro atoms. The normalized spacial score (nSPS) is 43.1. The van der Waals surface area contributed by atoms with Crippen molar-refractivity contribution in [2.45, 2.75) is 89.4 Å². The maximum absolute atomic E-state index is 10.9. The average molecular weight is 466 g/mol. The monoisotopic (exact) mass is 466 g/mol. The van der Waals surface area contributed by atoms with Gasteiger partial charge in [0.05, 0.1) is 0 Å². The fourth-order valence-corrected chi connectivity index (χ4v) is 5.87. The van der Waals surface area contributed by atoms with Gasteiger partial charge < -0.3 is 0 Å². The van der Waals surface area contributed by atoms with Crippen molar-refractivity contribution in [3.63, 3.8) is 0 Å². The van der Waals surface area contributed by atoms with Gasteiger partial charge in [-0.1, -0.05) is 0 Å². The summed E-state index contributed by atoms with van der Waals surface area (Å²) in [5, 5.41) is 10.4. The quantitative estimate of drug-likeness (QED) is 0.298. The van der Waals surface area contributed by atoms with Gasteiger partial charge in [-0.3, -0.25) is 0 Å². The second-order valence-electron chi connectivity index (χ2n) is 10.2. The minimum atomic E-state index is -5.36. The molecule has 13 heteroatoms. The Hall–Kier alpha value is 0.160. The number of fused-ring (bicyclic) bond motifs is 1. The second kappa shape index (κ2) is 9.07. The number of aliphatic hydroxyl groups excluding tert-OH is 1. The Labute approximate surface area is 186 Å². The maximum atomic E-state index is 10.9. The van der Waals surface area contributed by atoms with E-state index in [2.05, 4.69) is 0 Å². The number of hydrogen-bond acceptors (Lipinski definition) is 10. The van der Waals surface area contributed by atoms with Crippen molar-refractivity contribution in [2.75, 3.05) is 19.8 Å². The molecule has 8 atom stereocenters. The molecule has 3 heterocycles. The Morgan fingerprint density at radius 2 is 1.58 bits per heavy atom. The Balaban J connectivity index is 1.63. The first-order valence-electron chi connectivity index (χ1n) is 10.9. The molecule has 3 fully saturated rings. The Morgan fingerprint density at radius 1 is 0.968 bits per heavy atom. The van der Waals surface area contributed by atoms with Crippen molar-refractivity contribution in [1.82, 2.24) is 0 Å². The molecule has 0 saturated carbocycles. The van der Waals surface area contributed by atoms with Gasteiger partial charge in [-0.25, -0.2) is 0 Å². The van der Waals surface area contributed by atoms with Gasteiger partial charge >= 0.3 is 185 Å². The molecule has 2 unspecified atom stereocenters. The Morgan fingerprint density at radius 3 is 2.19 bits per heavy atom. The van der Waals surface area contributed by atoms with Crippen LogP contribution >= 0.6 is 7.74 Å². The van der Waals surface area contributed by atoms with Crippen molar-refractivity contribution in [1.29, 1.82) is 0 Å². The fraction of sp³-hybridized carbons (Fsp3) is 1.00. The van der Waals surface area contributed by atoms with Gasteiger partial charge in [-0.05, 0) is 0 Å². The third-order valence-electron chi connectivity index (χ3n) is 5.48. The van der Waals surface area contributed by atoms with Gasteiger partial charge in [0.15, 0.2) is 0 Å². The third-order valence-corrected chi connectivity index (χ3v) is 7.28. The van der Waals surface area contributed by atoms with Crippen LogP contribution in [-0.4, -0.2) is 105 Å². The molecule has 0 aromatic heterocycles. The van der Waals surface area contributed by atoms with Crippen molar-refractivity contribution in [3.8, 4) is 0 Å². The van der Waals surface area contributed by atoms with Crippen LogP contribution in [0.5, 0.6) is 0 Å². The zero-order valence-corrected chi connectivity index (χ0v) is 20.4. The van der Waals surface area contributed by atoms with Gasteiger partial charge in [-0.2, -0.15) is 0 Å². The van der Waals surface area contributed by atoms with E-state index in [-0.39, 0.29) is 24.7 Å². The molecule has 31 heavy (non-hydrogen) atoms. The molecular weight excluding hydrogens is 429 g/mol. The molecular formula is C18H37B2O10P. The van der Waals surface area contributed by atoms with E-state index < -0.39 is 56.4 Å². The van der Waals surface area contributed by atoms with Gasteiger partial charge in [-0.15, -0.1) is 0 Å². The predicted octanol–water partition coefficient (Wildman–Crippen LogP) is -1.17. The molecule has 0 aromatic rings. The molecule has 0 bridgehead atoms. The molecule has 0 aliphatic carbocycles. The second-order valence-corrected chi connectivity index (χ2v) is 12.5. The summed E-state index contributed by atoms with van der Waals surface area (Å²) in [6.07, 6.45) is -4.21. The molecule has 0 aromatic carbocycles. The van der Waals surface area contributed by atoms with Crippen molar-refractivity contribution in [3.05, 3.63) is 0 Å². The Kier molecular flexibility index (Phi) is 7.55. The molecule has 3 saturated heterocycles. The Bertz CT molecular complexity index is 633. The van der Waals surface area contributed by atoms with Crippen LogP contribution in [0.2, 0.25) is 0 Å². The van der Waals surface area contributed by atoms with Gasteiger partial charge in [0, 0.05) is 0 Å². The first-order valence-corrected chi connectivity index (χ1v) is 12.8. The van der Waals surface area contributed by atoms with Crippen LogP contribution in [0.3, 0.4) is 0 Å². The summed E-state index contributed by atoms with van der Waals surface area (Å²) in [5.41, 5.74) is -0.111. The minimum absolute atomic E-state index is 0.00651. The van der Waals surface area contributed by atoms with Gasteiger partial charge in [0.2, 0.25) is 0 Å². The van der Waals surface area contributed by atoms with E-state index in [9.17, 15) is 14.9 Å². The van der Waals surface area contributed by atoms with Crippen molar-refractivity contribution < 1.29 is 47.4 Å². The first-order chi connectivity index (χ1) is 14.2. The first kappa shape index (κ1) is 25.8. The van der Waals surface area contributed by atoms with E-state index in [1.165, 1.54) is 0 Å². The van der Waals surface area contributed by atoms with Crippen LogP contribution in [0.4, 0.5) is 0 Å². The van der Waals surface area contributed by atoms with Crippen molar-refractivity contribution >= 4 is 23.4 Å². The fourth-order valence-electron chi connectivity index (χ4n) is 3.91. The van der Waals surface area contributed by atoms with Crippen LogP contribution in [0.15, 0.2) is 0 Å². The van der Waals surface area contributed by atoms with E-state index >= 15 is 0 Å². The van der Waals surface area contributed by atoms with E-state index in [0.29, 0.717) is 6.61 Å². The standard InChI is InChI=1S/C18H37B2O10P/c1-9(2)24-6-10-14-15(17(20)28-10)30-31(22,23,29-14)26-7-11-13(12(21)16(19)27-11)25-8-18(3,4)5/h9-17,21-23H,6-8,19-20H2,1-5H3/t10-,11-,12?,13+,14+,15?,16-,17-/m1/s1. The molecule has 0 amide bonds.